The van der Waals surface area contributed by atoms with Crippen LogP contribution >= 0.6 is 0 Å². The molecule has 13 aromatic carbocycles. The molecule has 0 N–H and O–H groups in total. The van der Waals surface area contributed by atoms with E-state index in [0.717, 1.165) is 50.8 Å². The van der Waals surface area contributed by atoms with E-state index in [0.29, 0.717) is 0 Å². The summed E-state index contributed by atoms with van der Waals surface area (Å²) in [4.78, 5) is 2.59. The Hall–Kier alpha value is -10.5. The van der Waals surface area contributed by atoms with Crippen LogP contribution in [0.25, 0.3) is 89.0 Å². The summed E-state index contributed by atoms with van der Waals surface area (Å²) in [5.41, 5.74) is 37.7. The van der Waals surface area contributed by atoms with Gasteiger partial charge in [0.1, 0.15) is 0 Å². The molecule has 0 bridgehead atoms. The second-order valence-corrected chi connectivity index (χ2v) is 26.5. The number of para-hydroxylation sites is 1. The molecule has 0 fully saturated rings. The van der Waals surface area contributed by atoms with Gasteiger partial charge in [0, 0.05) is 22.0 Å². The van der Waals surface area contributed by atoms with Gasteiger partial charge in [-0.05, 0) is 193 Å². The van der Waals surface area contributed by atoms with Gasteiger partial charge in [0.05, 0.1) is 27.9 Å². The molecule has 2 spiro atoms. The third-order valence-corrected chi connectivity index (χ3v) is 21.9. The van der Waals surface area contributed by atoms with Crippen molar-refractivity contribution < 1.29 is 4.74 Å². The van der Waals surface area contributed by atoms with Crippen molar-refractivity contribution in [2.24, 2.45) is 0 Å². The zero-order valence-electron chi connectivity index (χ0n) is 49.3. The fraction of sp³-hybridized carbons (Fsp3) is 0.0930. The van der Waals surface area contributed by atoms with Gasteiger partial charge in [-0.25, -0.2) is 0 Å². The molecule has 0 saturated carbocycles. The van der Waals surface area contributed by atoms with Crippen LogP contribution in [-0.4, -0.2) is 0 Å². The van der Waals surface area contributed by atoms with E-state index in [1.807, 2.05) is 0 Å². The van der Waals surface area contributed by atoms with Crippen LogP contribution in [0, 0.1) is 0 Å². The molecule has 0 saturated heterocycles. The van der Waals surface area contributed by atoms with E-state index in [2.05, 4.69) is 306 Å². The Labute approximate surface area is 513 Å². The van der Waals surface area contributed by atoms with Crippen LogP contribution in [0.15, 0.2) is 273 Å². The molecule has 0 aromatic heterocycles. The summed E-state index contributed by atoms with van der Waals surface area (Å²) in [7, 11) is 0. The molecular weight excluding hydrogens is 1060 g/mol. The molecule has 88 heavy (non-hydrogen) atoms. The lowest BCUT2D eigenvalue weighted by Crippen LogP contribution is -2.26. The maximum Gasteiger partial charge on any atom is 0.151 e. The van der Waals surface area contributed by atoms with Gasteiger partial charge in [-0.3, -0.25) is 0 Å². The quantitative estimate of drug-likeness (QED) is 0.175. The summed E-state index contributed by atoms with van der Waals surface area (Å²) in [5, 5.41) is 0. The molecule has 0 unspecified atom stereocenters. The fourth-order valence-corrected chi connectivity index (χ4v) is 18.2. The smallest absolute Gasteiger partial charge is 0.151 e. The predicted molar refractivity (Wildman–Crippen MR) is 360 cm³/mol. The van der Waals surface area contributed by atoms with Crippen LogP contribution in [0.2, 0.25) is 0 Å². The standard InChI is InChI=1S/C86H57NO/c1-83(2)72-42-60-58-32-15-21-40-70(58)85(66-36-17-11-28-54(66)55-29-12-18-37-67(55)85)76(60)44-62(72)64-46-78-80(48-74(64)83)88-81-49-75-65(47-79(81)87(78)82-52(50-24-7-5-8-25-50)34-23-35-53(82)51-26-9-6-10-27-51)63-45-77-61(43-73(63)84(75,3)4)59-33-16-22-41-71(59)86(77)68-38-19-13-30-56(68)57-31-14-20-39-69(57)86/h5-49H,1-4H3. The summed E-state index contributed by atoms with van der Waals surface area (Å²) in [6.07, 6.45) is 0. The number of rotatable bonds is 3. The molecule has 0 atom stereocenters. The predicted octanol–water partition coefficient (Wildman–Crippen LogP) is 21.9. The van der Waals surface area contributed by atoms with Crippen molar-refractivity contribution >= 4 is 17.1 Å². The van der Waals surface area contributed by atoms with E-state index in [-0.39, 0.29) is 10.8 Å². The van der Waals surface area contributed by atoms with Crippen molar-refractivity contribution in [3.05, 3.63) is 340 Å². The van der Waals surface area contributed by atoms with Gasteiger partial charge in [-0.1, -0.05) is 252 Å². The van der Waals surface area contributed by atoms with E-state index in [1.54, 1.807) is 0 Å². The van der Waals surface area contributed by atoms with Gasteiger partial charge in [-0.15, -0.1) is 0 Å². The van der Waals surface area contributed by atoms with Gasteiger partial charge in [-0.2, -0.15) is 0 Å². The van der Waals surface area contributed by atoms with Crippen LogP contribution < -0.4 is 9.64 Å². The molecule has 2 heteroatoms. The maximum absolute atomic E-state index is 7.67. The summed E-state index contributed by atoms with van der Waals surface area (Å²) in [5.74, 6) is 1.71. The Morgan fingerprint density at radius 3 is 0.841 bits per heavy atom. The Bertz CT molecular complexity index is 4890. The van der Waals surface area contributed by atoms with Crippen LogP contribution in [0.3, 0.4) is 0 Å². The van der Waals surface area contributed by atoms with Crippen LogP contribution in [0.4, 0.5) is 17.1 Å². The first kappa shape index (κ1) is 48.7. The van der Waals surface area contributed by atoms with E-state index >= 15 is 0 Å². The van der Waals surface area contributed by atoms with E-state index < -0.39 is 10.8 Å². The number of hydrogen-bond donors (Lipinski definition) is 0. The molecule has 1 aliphatic heterocycles. The third kappa shape index (κ3) is 5.76. The first-order valence-corrected chi connectivity index (χ1v) is 31.2. The lowest BCUT2D eigenvalue weighted by atomic mass is 9.70. The molecule has 1 heterocycles. The third-order valence-electron chi connectivity index (χ3n) is 21.9. The zero-order valence-corrected chi connectivity index (χ0v) is 49.3. The highest BCUT2D eigenvalue weighted by molar-refractivity contribution is 6.06. The fourth-order valence-electron chi connectivity index (χ4n) is 18.2. The van der Waals surface area contributed by atoms with Gasteiger partial charge >= 0.3 is 0 Å². The second-order valence-electron chi connectivity index (χ2n) is 26.5. The summed E-state index contributed by atoms with van der Waals surface area (Å²) >= 11 is 0. The van der Waals surface area contributed by atoms with Crippen molar-refractivity contribution in [1.29, 1.82) is 0 Å². The molecule has 6 aliphatic carbocycles. The van der Waals surface area contributed by atoms with E-state index in [9.17, 15) is 0 Å². The van der Waals surface area contributed by atoms with Crippen LogP contribution in [0.1, 0.15) is 94.5 Å². The minimum absolute atomic E-state index is 0.352. The van der Waals surface area contributed by atoms with Crippen molar-refractivity contribution in [3.8, 4) is 101 Å². The Kier molecular flexibility index (Phi) is 9.24. The lowest BCUT2D eigenvalue weighted by molar-refractivity contribution is 0.473. The second kappa shape index (κ2) is 16.7. The molecule has 0 radical (unpaired) electrons. The summed E-state index contributed by atoms with van der Waals surface area (Å²) in [6, 6.07) is 104. The Balaban J connectivity index is 0.855. The maximum atomic E-state index is 7.67. The number of benzene rings is 13. The molecule has 412 valence electrons. The molecule has 20 rings (SSSR count). The first-order valence-electron chi connectivity index (χ1n) is 31.2. The highest BCUT2D eigenvalue weighted by Gasteiger charge is 2.55. The van der Waals surface area contributed by atoms with Crippen molar-refractivity contribution in [2.45, 2.75) is 49.4 Å². The topological polar surface area (TPSA) is 12.5 Å². The Morgan fingerprint density at radius 1 is 0.227 bits per heavy atom. The molecular formula is C86H57NO. The Morgan fingerprint density at radius 2 is 0.489 bits per heavy atom. The number of anilines is 3. The number of ether oxygens (including phenoxy) is 1. The number of nitrogens with zero attached hydrogens (tertiary/aromatic N) is 1. The first-order chi connectivity index (χ1) is 43.2. The summed E-state index contributed by atoms with van der Waals surface area (Å²) in [6.45, 7) is 9.70. The normalized spacial score (nSPS) is 15.9. The average molecular weight is 1120 g/mol. The van der Waals surface area contributed by atoms with Crippen molar-refractivity contribution in [2.75, 3.05) is 4.90 Å². The largest absolute Gasteiger partial charge is 0.453 e. The van der Waals surface area contributed by atoms with Crippen molar-refractivity contribution in [1.82, 2.24) is 0 Å². The molecule has 2 nitrogen and oxygen atoms in total. The highest BCUT2D eigenvalue weighted by atomic mass is 16.5. The monoisotopic (exact) mass is 1120 g/mol. The summed E-state index contributed by atoms with van der Waals surface area (Å²) < 4.78 is 7.67. The van der Waals surface area contributed by atoms with E-state index in [4.69, 9.17) is 4.74 Å². The van der Waals surface area contributed by atoms with Crippen molar-refractivity contribution in [3.63, 3.8) is 0 Å². The molecule has 7 aliphatic rings. The van der Waals surface area contributed by atoms with Crippen LogP contribution in [0.5, 0.6) is 11.5 Å². The lowest BCUT2D eigenvalue weighted by Gasteiger charge is -2.37. The zero-order chi connectivity index (χ0) is 58.2. The molecule has 13 aromatic rings. The van der Waals surface area contributed by atoms with E-state index in [1.165, 1.54) is 134 Å². The minimum Gasteiger partial charge on any atom is -0.453 e. The van der Waals surface area contributed by atoms with Gasteiger partial charge in [0.15, 0.2) is 11.5 Å². The molecule has 0 amide bonds. The number of hydrogen-bond acceptors (Lipinski definition) is 2. The van der Waals surface area contributed by atoms with Gasteiger partial charge in [0.25, 0.3) is 0 Å². The average Bonchev–Trinajstić information content (AvgIpc) is 1.51. The SMILES string of the molecule is CC1(C)c2cc3c(cc2-c2cc4c(cc21)-c1ccccc1C41c2ccccc2-c2ccccc21)N(c1c(-c2ccccc2)cccc1-c1ccccc1)c1cc2c(cc1O3)C(C)(C)c1cc3c(cc1-2)C1(c2ccccc2-c2ccccc21)c1ccccc1-3. The van der Waals surface area contributed by atoms with Gasteiger partial charge < -0.3 is 9.64 Å². The minimum atomic E-state index is -0.472. The van der Waals surface area contributed by atoms with Gasteiger partial charge in [0.2, 0.25) is 0 Å². The number of fused-ring (bicyclic) bond motifs is 28. The van der Waals surface area contributed by atoms with Crippen LogP contribution in [-0.2, 0) is 21.7 Å². The highest BCUT2D eigenvalue weighted by Crippen LogP contribution is 2.69.